The van der Waals surface area contributed by atoms with Crippen LogP contribution < -0.4 is 0 Å². The van der Waals surface area contributed by atoms with E-state index in [0.717, 1.165) is 64.8 Å². The fourth-order valence-electron chi connectivity index (χ4n) is 5.89. The first-order valence-electron chi connectivity index (χ1n) is 14.7. The summed E-state index contributed by atoms with van der Waals surface area (Å²) in [5.74, 6) is -0.0831. The first kappa shape index (κ1) is 29.1. The van der Waals surface area contributed by atoms with Crippen LogP contribution in [0.2, 0.25) is 0 Å². The maximum Gasteiger partial charge on any atom is 0.236 e. The molecule has 0 N–H and O–H groups in total. The molecule has 5 aromatic rings. The number of aryl methyl sites for hydroxylation is 1. The van der Waals surface area contributed by atoms with E-state index in [9.17, 15) is 9.18 Å². The van der Waals surface area contributed by atoms with E-state index in [1.54, 1.807) is 38.1 Å². The molecule has 1 aliphatic rings. The summed E-state index contributed by atoms with van der Waals surface area (Å²) in [6.45, 7) is 6.03. The molecule has 1 fully saturated rings. The maximum atomic E-state index is 16.2. The molecule has 0 bridgehead atoms. The Morgan fingerprint density at radius 1 is 1.00 bits per heavy atom. The molecule has 222 valence electrons. The second kappa shape index (κ2) is 12.0. The van der Waals surface area contributed by atoms with Crippen molar-refractivity contribution in [3.8, 4) is 33.1 Å². The Hall–Kier alpha value is -3.95. The van der Waals surface area contributed by atoms with Gasteiger partial charge in [-0.1, -0.05) is 19.1 Å². The number of amides is 1. The number of aromatic nitrogens is 3. The smallest absolute Gasteiger partial charge is 0.236 e. The van der Waals surface area contributed by atoms with Crippen LogP contribution in [-0.4, -0.2) is 63.8 Å². The number of likely N-dealkylation sites (N-methyl/N-ethyl adjacent to an activating group) is 1. The van der Waals surface area contributed by atoms with Gasteiger partial charge in [-0.05, 0) is 92.7 Å². The van der Waals surface area contributed by atoms with Gasteiger partial charge in [0.25, 0.3) is 0 Å². The number of nitrogens with zero attached hydrogens (tertiary/aromatic N) is 5. The molecule has 0 atom stereocenters. The van der Waals surface area contributed by atoms with Crippen molar-refractivity contribution in [1.82, 2.24) is 24.2 Å². The standard InChI is InChI=1S/C34H35F2N5OS/c1-5-28-33(41-18-24(8-13-30(41)37-28)22-14-16-40(17-15-22)19-31(42)39(3)4)27-12-11-26(21(2)32(27)36)34-38-29(20-43-34)23-6-9-25(35)10-7-23/h6-13,18,20,22H,5,14-17,19H2,1-4H3. The third-order valence-corrected chi connectivity index (χ3v) is 9.36. The first-order chi connectivity index (χ1) is 20.7. The number of rotatable bonds is 7. The lowest BCUT2D eigenvalue weighted by atomic mass is 9.90. The lowest BCUT2D eigenvalue weighted by molar-refractivity contribution is -0.130. The highest BCUT2D eigenvalue weighted by Crippen LogP contribution is 2.37. The number of hydrogen-bond acceptors (Lipinski definition) is 5. The van der Waals surface area contributed by atoms with E-state index in [-0.39, 0.29) is 17.5 Å². The van der Waals surface area contributed by atoms with Crippen LogP contribution in [0.3, 0.4) is 0 Å². The first-order valence-corrected chi connectivity index (χ1v) is 15.6. The Morgan fingerprint density at radius 2 is 1.72 bits per heavy atom. The summed E-state index contributed by atoms with van der Waals surface area (Å²) in [6, 6.07) is 14.2. The van der Waals surface area contributed by atoms with E-state index in [1.165, 1.54) is 29.0 Å². The van der Waals surface area contributed by atoms with Gasteiger partial charge in [0.15, 0.2) is 0 Å². The maximum absolute atomic E-state index is 16.2. The molecule has 1 amide bonds. The Balaban J connectivity index is 1.30. The molecule has 3 aromatic heterocycles. The van der Waals surface area contributed by atoms with Gasteiger partial charge in [0.2, 0.25) is 5.91 Å². The Bertz CT molecular complexity index is 1780. The number of carbonyl (C=O) groups excluding carboxylic acids is 1. The molecule has 0 aliphatic carbocycles. The van der Waals surface area contributed by atoms with E-state index in [4.69, 9.17) is 9.97 Å². The predicted molar refractivity (Wildman–Crippen MR) is 168 cm³/mol. The zero-order valence-electron chi connectivity index (χ0n) is 24.9. The minimum Gasteiger partial charge on any atom is -0.348 e. The number of pyridine rings is 1. The van der Waals surface area contributed by atoms with Crippen molar-refractivity contribution in [2.45, 2.75) is 39.0 Å². The minimum atomic E-state index is -0.294. The highest BCUT2D eigenvalue weighted by atomic mass is 32.1. The van der Waals surface area contributed by atoms with Gasteiger partial charge in [-0.2, -0.15) is 0 Å². The summed E-state index contributed by atoms with van der Waals surface area (Å²) >= 11 is 1.45. The van der Waals surface area contributed by atoms with Gasteiger partial charge in [-0.3, -0.25) is 14.1 Å². The summed E-state index contributed by atoms with van der Waals surface area (Å²) in [5, 5.41) is 2.64. The van der Waals surface area contributed by atoms with Crippen LogP contribution in [0.4, 0.5) is 8.78 Å². The second-order valence-corrected chi connectivity index (χ2v) is 12.3. The van der Waals surface area contributed by atoms with E-state index < -0.39 is 0 Å². The molecular weight excluding hydrogens is 564 g/mol. The van der Waals surface area contributed by atoms with Crippen molar-refractivity contribution in [3.63, 3.8) is 0 Å². The van der Waals surface area contributed by atoms with Crippen LogP contribution in [0.15, 0.2) is 60.1 Å². The molecule has 4 heterocycles. The van der Waals surface area contributed by atoms with Gasteiger partial charge in [-0.15, -0.1) is 11.3 Å². The van der Waals surface area contributed by atoms with Gasteiger partial charge in [-0.25, -0.2) is 18.7 Å². The van der Waals surface area contributed by atoms with E-state index >= 15 is 4.39 Å². The molecule has 9 heteroatoms. The van der Waals surface area contributed by atoms with Crippen LogP contribution in [0.5, 0.6) is 0 Å². The fourth-order valence-corrected chi connectivity index (χ4v) is 6.80. The molecule has 0 spiro atoms. The van der Waals surface area contributed by atoms with Crippen LogP contribution in [0, 0.1) is 18.6 Å². The van der Waals surface area contributed by atoms with Crippen molar-refractivity contribution < 1.29 is 13.6 Å². The van der Waals surface area contributed by atoms with Crippen LogP contribution >= 0.6 is 11.3 Å². The third-order valence-electron chi connectivity index (χ3n) is 8.48. The van der Waals surface area contributed by atoms with Crippen LogP contribution in [0.1, 0.15) is 42.5 Å². The molecule has 1 saturated heterocycles. The molecule has 2 aromatic carbocycles. The van der Waals surface area contributed by atoms with Gasteiger partial charge in [0.05, 0.1) is 23.6 Å². The molecular formula is C34H35F2N5OS. The number of fused-ring (bicyclic) bond motifs is 1. The highest BCUT2D eigenvalue weighted by Gasteiger charge is 2.25. The van der Waals surface area contributed by atoms with E-state index in [0.29, 0.717) is 30.0 Å². The lowest BCUT2D eigenvalue weighted by Crippen LogP contribution is -2.40. The lowest BCUT2D eigenvalue weighted by Gasteiger charge is -2.32. The topological polar surface area (TPSA) is 53.7 Å². The summed E-state index contributed by atoms with van der Waals surface area (Å²) in [5.41, 5.74) is 7.00. The summed E-state index contributed by atoms with van der Waals surface area (Å²) in [7, 11) is 3.58. The van der Waals surface area contributed by atoms with Crippen molar-refractivity contribution >= 4 is 22.9 Å². The Morgan fingerprint density at radius 3 is 2.42 bits per heavy atom. The molecule has 0 saturated carbocycles. The quantitative estimate of drug-likeness (QED) is 0.198. The van der Waals surface area contributed by atoms with Crippen LogP contribution in [-0.2, 0) is 11.2 Å². The third kappa shape index (κ3) is 5.71. The summed E-state index contributed by atoms with van der Waals surface area (Å²) in [6.07, 6.45) is 4.73. The number of imidazole rings is 1. The number of benzene rings is 2. The zero-order chi connectivity index (χ0) is 30.2. The van der Waals surface area contributed by atoms with Gasteiger partial charge in [0.1, 0.15) is 22.3 Å². The van der Waals surface area contributed by atoms with Gasteiger partial charge in [0, 0.05) is 42.4 Å². The molecule has 0 radical (unpaired) electrons. The number of likely N-dealkylation sites (tertiary alicyclic amines) is 1. The average Bonchev–Trinajstić information content (AvgIpc) is 3.64. The molecule has 6 nitrogen and oxygen atoms in total. The number of hydrogen-bond donors (Lipinski definition) is 0. The molecule has 6 rings (SSSR count). The summed E-state index contributed by atoms with van der Waals surface area (Å²) in [4.78, 5) is 25.6. The monoisotopic (exact) mass is 599 g/mol. The average molecular weight is 600 g/mol. The molecule has 0 unspecified atom stereocenters. The largest absolute Gasteiger partial charge is 0.348 e. The van der Waals surface area contributed by atoms with Crippen molar-refractivity contribution in [2.75, 3.05) is 33.7 Å². The number of carbonyl (C=O) groups is 1. The second-order valence-electron chi connectivity index (χ2n) is 11.4. The highest BCUT2D eigenvalue weighted by molar-refractivity contribution is 7.13. The molecule has 1 aliphatic heterocycles. The van der Waals surface area contributed by atoms with Crippen LogP contribution in [0.25, 0.3) is 38.7 Å². The number of piperidine rings is 1. The number of thiazole rings is 1. The summed E-state index contributed by atoms with van der Waals surface area (Å²) < 4.78 is 31.7. The van der Waals surface area contributed by atoms with Gasteiger partial charge >= 0.3 is 0 Å². The van der Waals surface area contributed by atoms with E-state index in [1.807, 2.05) is 34.9 Å². The van der Waals surface area contributed by atoms with E-state index in [2.05, 4.69) is 17.2 Å². The Kier molecular flexibility index (Phi) is 8.11. The fraction of sp³-hybridized carbons (Fsp3) is 0.324. The Labute approximate surface area is 254 Å². The minimum absolute atomic E-state index is 0.126. The zero-order valence-corrected chi connectivity index (χ0v) is 25.7. The SMILES string of the molecule is CCc1nc2ccc(C3CCN(CC(=O)N(C)C)CC3)cn2c1-c1ccc(-c2nc(-c3ccc(F)cc3)cs2)c(C)c1F. The van der Waals surface area contributed by atoms with Crippen molar-refractivity contribution in [1.29, 1.82) is 0 Å². The van der Waals surface area contributed by atoms with Gasteiger partial charge < -0.3 is 4.90 Å². The predicted octanol–water partition coefficient (Wildman–Crippen LogP) is 7.21. The van der Waals surface area contributed by atoms with Crippen molar-refractivity contribution in [3.05, 3.63) is 88.6 Å². The molecule has 43 heavy (non-hydrogen) atoms. The number of halogens is 2. The van der Waals surface area contributed by atoms with Crippen molar-refractivity contribution in [2.24, 2.45) is 0 Å². The normalized spacial score (nSPS) is 14.5.